The fourth-order valence-corrected chi connectivity index (χ4v) is 2.61. The highest BCUT2D eigenvalue weighted by molar-refractivity contribution is 5.43. The molecule has 3 nitrogen and oxygen atoms in total. The lowest BCUT2D eigenvalue weighted by Crippen LogP contribution is -2.33. The van der Waals surface area contributed by atoms with Crippen LogP contribution >= 0.6 is 0 Å². The molecule has 0 fully saturated rings. The zero-order valence-electron chi connectivity index (χ0n) is 12.2. The molecular formula is C16H25NO2. The molecule has 0 spiro atoms. The van der Waals surface area contributed by atoms with E-state index in [9.17, 15) is 0 Å². The van der Waals surface area contributed by atoms with Crippen LogP contribution in [-0.4, -0.2) is 19.8 Å². The monoisotopic (exact) mass is 263 g/mol. The number of methoxy groups -OCH3 is 1. The van der Waals surface area contributed by atoms with Crippen molar-refractivity contribution in [2.24, 2.45) is 0 Å². The van der Waals surface area contributed by atoms with Crippen molar-refractivity contribution in [3.63, 3.8) is 0 Å². The number of rotatable bonds is 6. The first-order chi connectivity index (χ1) is 9.24. The molecule has 1 N–H and O–H groups in total. The topological polar surface area (TPSA) is 30.5 Å². The number of fused-ring (bicyclic) bond motifs is 1. The summed E-state index contributed by atoms with van der Waals surface area (Å²) < 4.78 is 11.0. The van der Waals surface area contributed by atoms with E-state index in [1.807, 2.05) is 12.1 Å². The minimum atomic E-state index is 0.380. The molecule has 0 saturated carbocycles. The lowest BCUT2D eigenvalue weighted by molar-refractivity contribution is 0.242. The minimum absolute atomic E-state index is 0.380. The molecule has 1 heterocycles. The van der Waals surface area contributed by atoms with Crippen LogP contribution in [0.1, 0.15) is 51.1 Å². The van der Waals surface area contributed by atoms with Gasteiger partial charge in [0, 0.05) is 24.1 Å². The lowest BCUT2D eigenvalue weighted by Gasteiger charge is -2.29. The molecule has 0 aliphatic carbocycles. The molecule has 106 valence electrons. The SMILES string of the molecule is CCCCC(C)NC1CCOc2ccc(OC)cc21. The van der Waals surface area contributed by atoms with Crippen LogP contribution in [0.15, 0.2) is 18.2 Å². The Morgan fingerprint density at radius 2 is 2.32 bits per heavy atom. The van der Waals surface area contributed by atoms with E-state index < -0.39 is 0 Å². The van der Waals surface area contributed by atoms with Gasteiger partial charge in [0.2, 0.25) is 0 Å². The van der Waals surface area contributed by atoms with Gasteiger partial charge in [-0.3, -0.25) is 0 Å². The maximum atomic E-state index is 5.72. The molecule has 19 heavy (non-hydrogen) atoms. The van der Waals surface area contributed by atoms with Crippen molar-refractivity contribution in [2.75, 3.05) is 13.7 Å². The number of benzene rings is 1. The summed E-state index contributed by atoms with van der Waals surface area (Å²) in [6.07, 6.45) is 4.79. The third kappa shape index (κ3) is 3.63. The van der Waals surface area contributed by atoms with E-state index in [2.05, 4.69) is 25.2 Å². The quantitative estimate of drug-likeness (QED) is 0.849. The molecule has 0 aromatic heterocycles. The standard InChI is InChI=1S/C16H25NO2/c1-4-5-6-12(2)17-15-9-10-19-16-8-7-13(18-3)11-14(15)16/h7-8,11-12,15,17H,4-6,9-10H2,1-3H3. The fourth-order valence-electron chi connectivity index (χ4n) is 2.61. The maximum Gasteiger partial charge on any atom is 0.124 e. The number of hydrogen-bond donors (Lipinski definition) is 1. The number of nitrogens with one attached hydrogen (secondary N) is 1. The molecular weight excluding hydrogens is 238 g/mol. The predicted octanol–water partition coefficient (Wildman–Crippen LogP) is 3.69. The number of unbranched alkanes of at least 4 members (excludes halogenated alkanes) is 1. The number of ether oxygens (including phenoxy) is 2. The molecule has 1 aromatic carbocycles. The predicted molar refractivity (Wildman–Crippen MR) is 78.0 cm³/mol. The second kappa shape index (κ2) is 6.80. The van der Waals surface area contributed by atoms with E-state index in [4.69, 9.17) is 9.47 Å². The van der Waals surface area contributed by atoms with Crippen molar-refractivity contribution in [1.82, 2.24) is 5.32 Å². The van der Waals surface area contributed by atoms with Gasteiger partial charge in [0.25, 0.3) is 0 Å². The van der Waals surface area contributed by atoms with Crippen LogP contribution in [0, 0.1) is 0 Å². The van der Waals surface area contributed by atoms with Crippen LogP contribution in [0.5, 0.6) is 11.5 Å². The first-order valence-electron chi connectivity index (χ1n) is 7.31. The summed E-state index contributed by atoms with van der Waals surface area (Å²) in [7, 11) is 1.71. The van der Waals surface area contributed by atoms with Crippen molar-refractivity contribution in [1.29, 1.82) is 0 Å². The third-order valence-corrected chi connectivity index (χ3v) is 3.73. The molecule has 0 bridgehead atoms. The van der Waals surface area contributed by atoms with Crippen LogP contribution in [0.25, 0.3) is 0 Å². The summed E-state index contributed by atoms with van der Waals surface area (Å²) in [5, 5.41) is 3.73. The van der Waals surface area contributed by atoms with Crippen LogP contribution in [0.3, 0.4) is 0 Å². The summed E-state index contributed by atoms with van der Waals surface area (Å²) in [5.74, 6) is 1.89. The molecule has 0 radical (unpaired) electrons. The summed E-state index contributed by atoms with van der Waals surface area (Å²) in [4.78, 5) is 0. The Labute approximate surface area is 116 Å². The summed E-state index contributed by atoms with van der Waals surface area (Å²) in [6, 6.07) is 6.99. The molecule has 3 heteroatoms. The molecule has 1 aliphatic rings. The van der Waals surface area contributed by atoms with E-state index >= 15 is 0 Å². The van der Waals surface area contributed by atoms with Crippen LogP contribution < -0.4 is 14.8 Å². The normalized spacial score (nSPS) is 19.4. The Morgan fingerprint density at radius 1 is 1.47 bits per heavy atom. The van der Waals surface area contributed by atoms with Crippen molar-refractivity contribution in [3.8, 4) is 11.5 Å². The fraction of sp³-hybridized carbons (Fsp3) is 0.625. The Hall–Kier alpha value is -1.22. The Morgan fingerprint density at radius 3 is 3.05 bits per heavy atom. The molecule has 1 aromatic rings. The van der Waals surface area contributed by atoms with Gasteiger partial charge in [-0.2, -0.15) is 0 Å². The number of hydrogen-bond acceptors (Lipinski definition) is 3. The highest BCUT2D eigenvalue weighted by Crippen LogP contribution is 2.35. The average molecular weight is 263 g/mol. The Balaban J connectivity index is 2.07. The zero-order chi connectivity index (χ0) is 13.7. The van der Waals surface area contributed by atoms with Gasteiger partial charge < -0.3 is 14.8 Å². The molecule has 1 aliphatic heterocycles. The second-order valence-electron chi connectivity index (χ2n) is 5.30. The Kier molecular flexibility index (Phi) is 5.08. The van der Waals surface area contributed by atoms with Gasteiger partial charge >= 0.3 is 0 Å². The first-order valence-corrected chi connectivity index (χ1v) is 7.31. The van der Waals surface area contributed by atoms with E-state index in [-0.39, 0.29) is 0 Å². The van der Waals surface area contributed by atoms with Crippen molar-refractivity contribution in [2.45, 2.75) is 51.6 Å². The van der Waals surface area contributed by atoms with E-state index in [0.29, 0.717) is 12.1 Å². The first kappa shape index (κ1) is 14.2. The van der Waals surface area contributed by atoms with Crippen LogP contribution in [-0.2, 0) is 0 Å². The van der Waals surface area contributed by atoms with E-state index in [1.54, 1.807) is 7.11 Å². The molecule has 0 saturated heterocycles. The van der Waals surface area contributed by atoms with Gasteiger partial charge in [-0.25, -0.2) is 0 Å². The van der Waals surface area contributed by atoms with E-state index in [1.165, 1.54) is 24.8 Å². The summed E-state index contributed by atoms with van der Waals surface area (Å²) in [5.41, 5.74) is 1.23. The largest absolute Gasteiger partial charge is 0.497 e. The van der Waals surface area contributed by atoms with Crippen molar-refractivity contribution >= 4 is 0 Å². The highest BCUT2D eigenvalue weighted by Gasteiger charge is 2.23. The van der Waals surface area contributed by atoms with Gasteiger partial charge in [0.1, 0.15) is 11.5 Å². The third-order valence-electron chi connectivity index (χ3n) is 3.73. The summed E-state index contributed by atoms with van der Waals surface area (Å²) >= 11 is 0. The van der Waals surface area contributed by atoms with Crippen LogP contribution in [0.4, 0.5) is 0 Å². The zero-order valence-corrected chi connectivity index (χ0v) is 12.2. The highest BCUT2D eigenvalue weighted by atomic mass is 16.5. The van der Waals surface area contributed by atoms with Crippen LogP contribution in [0.2, 0.25) is 0 Å². The van der Waals surface area contributed by atoms with Gasteiger partial charge in [0.05, 0.1) is 13.7 Å². The van der Waals surface area contributed by atoms with E-state index in [0.717, 1.165) is 24.5 Å². The minimum Gasteiger partial charge on any atom is -0.497 e. The van der Waals surface area contributed by atoms with Gasteiger partial charge in [-0.15, -0.1) is 0 Å². The molecule has 2 unspecified atom stereocenters. The van der Waals surface area contributed by atoms with Crippen molar-refractivity contribution < 1.29 is 9.47 Å². The molecule has 0 amide bonds. The van der Waals surface area contributed by atoms with Gasteiger partial charge in [-0.1, -0.05) is 19.8 Å². The van der Waals surface area contributed by atoms with Crippen molar-refractivity contribution in [3.05, 3.63) is 23.8 Å². The second-order valence-corrected chi connectivity index (χ2v) is 5.30. The molecule has 2 rings (SSSR count). The van der Waals surface area contributed by atoms with Gasteiger partial charge in [0.15, 0.2) is 0 Å². The average Bonchev–Trinajstić information content (AvgIpc) is 2.45. The molecule has 2 atom stereocenters. The van der Waals surface area contributed by atoms with Gasteiger partial charge in [-0.05, 0) is 31.5 Å². The smallest absolute Gasteiger partial charge is 0.124 e. The maximum absolute atomic E-state index is 5.72. The lowest BCUT2D eigenvalue weighted by atomic mass is 9.98. The summed E-state index contributed by atoms with van der Waals surface area (Å²) in [6.45, 7) is 5.30. The Bertz CT molecular complexity index is 406.